The first kappa shape index (κ1) is 10.5. The van der Waals surface area contributed by atoms with Crippen molar-refractivity contribution in [3.05, 3.63) is 0 Å². The van der Waals surface area contributed by atoms with Crippen molar-refractivity contribution < 1.29 is 4.74 Å². The summed E-state index contributed by atoms with van der Waals surface area (Å²) < 4.78 is 5.60. The summed E-state index contributed by atoms with van der Waals surface area (Å²) in [6.07, 6.45) is 1.41. The smallest absolute Gasteiger partial charge is 0.0977 e. The van der Waals surface area contributed by atoms with Crippen molar-refractivity contribution >= 4 is 0 Å². The number of ether oxygens (including phenoxy) is 1. The summed E-state index contributed by atoms with van der Waals surface area (Å²) in [5.41, 5.74) is 0. The van der Waals surface area contributed by atoms with Crippen LogP contribution in [0.5, 0.6) is 0 Å². The van der Waals surface area contributed by atoms with E-state index >= 15 is 0 Å². The third kappa shape index (κ3) is 2.68. The molecular formula is C10H18N2O. The zero-order valence-corrected chi connectivity index (χ0v) is 8.66. The van der Waals surface area contributed by atoms with E-state index in [-0.39, 0.29) is 18.2 Å². The van der Waals surface area contributed by atoms with Gasteiger partial charge in [0, 0.05) is 13.1 Å². The van der Waals surface area contributed by atoms with Gasteiger partial charge in [-0.05, 0) is 20.3 Å². The summed E-state index contributed by atoms with van der Waals surface area (Å²) >= 11 is 0. The van der Waals surface area contributed by atoms with Gasteiger partial charge in [0.2, 0.25) is 0 Å². The molecule has 0 radical (unpaired) electrons. The summed E-state index contributed by atoms with van der Waals surface area (Å²) in [6, 6.07) is 2.40. The van der Waals surface area contributed by atoms with Crippen molar-refractivity contribution in [2.45, 2.75) is 45.4 Å². The fourth-order valence-electron chi connectivity index (χ4n) is 1.90. The highest BCUT2D eigenvalue weighted by Gasteiger charge is 2.26. The summed E-state index contributed by atoms with van der Waals surface area (Å²) in [7, 11) is 0. The minimum atomic E-state index is 0.0637. The van der Waals surface area contributed by atoms with Crippen molar-refractivity contribution in [1.82, 2.24) is 4.90 Å². The van der Waals surface area contributed by atoms with E-state index in [4.69, 9.17) is 10.00 Å². The van der Waals surface area contributed by atoms with Crippen LogP contribution in [0.1, 0.15) is 27.2 Å². The molecule has 0 aromatic heterocycles. The fourth-order valence-corrected chi connectivity index (χ4v) is 1.90. The number of hydrogen-bond donors (Lipinski definition) is 0. The molecule has 0 N–H and O–H groups in total. The normalized spacial score (nSPS) is 32.5. The van der Waals surface area contributed by atoms with E-state index in [2.05, 4.69) is 31.7 Å². The van der Waals surface area contributed by atoms with E-state index in [1.807, 2.05) is 0 Å². The van der Waals surface area contributed by atoms with Crippen LogP contribution < -0.4 is 0 Å². The minimum absolute atomic E-state index is 0.0637. The monoisotopic (exact) mass is 182 g/mol. The molecule has 1 rings (SSSR count). The Morgan fingerprint density at radius 3 is 2.38 bits per heavy atom. The second kappa shape index (κ2) is 4.59. The van der Waals surface area contributed by atoms with Crippen LogP contribution in [0.25, 0.3) is 0 Å². The van der Waals surface area contributed by atoms with Crippen LogP contribution in [0.15, 0.2) is 0 Å². The molecule has 3 nitrogen and oxygen atoms in total. The first-order valence-electron chi connectivity index (χ1n) is 4.96. The number of rotatable bonds is 2. The number of hydrogen-bond acceptors (Lipinski definition) is 3. The Balaban J connectivity index is 2.54. The fraction of sp³-hybridized carbons (Fsp3) is 0.900. The van der Waals surface area contributed by atoms with Gasteiger partial charge in [0.05, 0.1) is 24.3 Å². The molecule has 3 heteroatoms. The van der Waals surface area contributed by atoms with Crippen molar-refractivity contribution in [2.75, 3.05) is 13.1 Å². The van der Waals surface area contributed by atoms with Crippen molar-refractivity contribution in [3.8, 4) is 6.07 Å². The summed E-state index contributed by atoms with van der Waals surface area (Å²) in [4.78, 5) is 2.22. The quantitative estimate of drug-likeness (QED) is 0.647. The Bertz CT molecular complexity index is 190. The Kier molecular flexibility index (Phi) is 3.71. The van der Waals surface area contributed by atoms with Gasteiger partial charge in [-0.1, -0.05) is 6.92 Å². The average Bonchev–Trinajstić information content (AvgIpc) is 2.04. The Hall–Kier alpha value is -0.590. The van der Waals surface area contributed by atoms with Gasteiger partial charge < -0.3 is 4.74 Å². The minimum Gasteiger partial charge on any atom is -0.373 e. The summed E-state index contributed by atoms with van der Waals surface area (Å²) in [5, 5.41) is 8.92. The first-order valence-corrected chi connectivity index (χ1v) is 4.96. The van der Waals surface area contributed by atoms with Crippen LogP contribution in [0, 0.1) is 11.3 Å². The topological polar surface area (TPSA) is 36.3 Å². The van der Waals surface area contributed by atoms with Crippen LogP contribution in [-0.2, 0) is 4.74 Å². The van der Waals surface area contributed by atoms with E-state index in [0.717, 1.165) is 19.5 Å². The highest BCUT2D eigenvalue weighted by Crippen LogP contribution is 2.14. The van der Waals surface area contributed by atoms with Gasteiger partial charge >= 0.3 is 0 Å². The highest BCUT2D eigenvalue weighted by atomic mass is 16.5. The third-order valence-electron chi connectivity index (χ3n) is 2.42. The lowest BCUT2D eigenvalue weighted by Crippen LogP contribution is -2.49. The standard InChI is InChI=1S/C10H18N2O/c1-4-10(5-11)12-6-8(2)13-9(3)7-12/h8-10H,4,6-7H2,1-3H3/t8-,9+,10?. The second-order valence-electron chi connectivity index (χ2n) is 3.76. The molecule has 0 aromatic carbocycles. The zero-order chi connectivity index (χ0) is 9.84. The highest BCUT2D eigenvalue weighted by molar-refractivity contribution is 4.93. The van der Waals surface area contributed by atoms with Gasteiger partial charge in [0.15, 0.2) is 0 Å². The summed E-state index contributed by atoms with van der Waals surface area (Å²) in [5.74, 6) is 0. The Morgan fingerprint density at radius 2 is 2.00 bits per heavy atom. The maximum absolute atomic E-state index is 8.92. The Morgan fingerprint density at radius 1 is 1.46 bits per heavy atom. The Labute approximate surface area is 80.3 Å². The van der Waals surface area contributed by atoms with Crippen LogP contribution in [0.2, 0.25) is 0 Å². The van der Waals surface area contributed by atoms with Gasteiger partial charge in [-0.2, -0.15) is 5.26 Å². The lowest BCUT2D eigenvalue weighted by molar-refractivity contribution is -0.0747. The van der Waals surface area contributed by atoms with Gasteiger partial charge in [-0.25, -0.2) is 0 Å². The average molecular weight is 182 g/mol. The molecule has 0 amide bonds. The molecule has 1 saturated heterocycles. The molecular weight excluding hydrogens is 164 g/mol. The largest absolute Gasteiger partial charge is 0.373 e. The molecule has 1 aliphatic heterocycles. The maximum atomic E-state index is 8.92. The molecule has 0 aliphatic carbocycles. The lowest BCUT2D eigenvalue weighted by atomic mass is 10.1. The van der Waals surface area contributed by atoms with E-state index in [9.17, 15) is 0 Å². The van der Waals surface area contributed by atoms with Crippen LogP contribution in [-0.4, -0.2) is 36.2 Å². The number of morpholine rings is 1. The van der Waals surface area contributed by atoms with E-state index in [1.54, 1.807) is 0 Å². The lowest BCUT2D eigenvalue weighted by Gasteiger charge is -2.37. The molecule has 0 saturated carbocycles. The molecule has 3 atom stereocenters. The predicted molar refractivity (Wildman–Crippen MR) is 51.3 cm³/mol. The van der Waals surface area contributed by atoms with E-state index in [0.29, 0.717) is 0 Å². The molecule has 1 unspecified atom stereocenters. The molecule has 0 bridgehead atoms. The second-order valence-corrected chi connectivity index (χ2v) is 3.76. The maximum Gasteiger partial charge on any atom is 0.0977 e. The first-order chi connectivity index (χ1) is 6.17. The van der Waals surface area contributed by atoms with Crippen LogP contribution in [0.4, 0.5) is 0 Å². The van der Waals surface area contributed by atoms with Gasteiger partial charge in [0.25, 0.3) is 0 Å². The number of nitrogens with zero attached hydrogens (tertiary/aromatic N) is 2. The zero-order valence-electron chi connectivity index (χ0n) is 8.66. The van der Waals surface area contributed by atoms with Crippen LogP contribution >= 0.6 is 0 Å². The van der Waals surface area contributed by atoms with E-state index < -0.39 is 0 Å². The van der Waals surface area contributed by atoms with Gasteiger partial charge in [-0.3, -0.25) is 4.90 Å². The molecule has 74 valence electrons. The SMILES string of the molecule is CCC(C#N)N1C[C@@H](C)O[C@@H](C)C1. The molecule has 1 aliphatic rings. The summed E-state index contributed by atoms with van der Waals surface area (Å²) in [6.45, 7) is 7.95. The third-order valence-corrected chi connectivity index (χ3v) is 2.42. The molecule has 1 heterocycles. The van der Waals surface area contributed by atoms with Crippen molar-refractivity contribution in [1.29, 1.82) is 5.26 Å². The van der Waals surface area contributed by atoms with Crippen molar-refractivity contribution in [3.63, 3.8) is 0 Å². The molecule has 1 fully saturated rings. The molecule has 0 spiro atoms. The van der Waals surface area contributed by atoms with Gasteiger partial charge in [0.1, 0.15) is 0 Å². The van der Waals surface area contributed by atoms with Gasteiger partial charge in [-0.15, -0.1) is 0 Å². The predicted octanol–water partition coefficient (Wildman–Crippen LogP) is 1.40. The van der Waals surface area contributed by atoms with E-state index in [1.165, 1.54) is 0 Å². The number of nitriles is 1. The van der Waals surface area contributed by atoms with Crippen LogP contribution in [0.3, 0.4) is 0 Å². The molecule has 13 heavy (non-hydrogen) atoms. The van der Waals surface area contributed by atoms with Crippen molar-refractivity contribution in [2.24, 2.45) is 0 Å². The molecule has 0 aromatic rings.